The van der Waals surface area contributed by atoms with Crippen LogP contribution in [0, 0.1) is 11.7 Å². The van der Waals surface area contributed by atoms with Gasteiger partial charge in [-0.05, 0) is 50.3 Å². The summed E-state index contributed by atoms with van der Waals surface area (Å²) >= 11 is 0. The van der Waals surface area contributed by atoms with Gasteiger partial charge < -0.3 is 30.6 Å². The fraction of sp³-hybridized carbons (Fsp3) is 0.438. The molecule has 0 radical (unpaired) electrons. The number of alkyl halides is 3. The number of imidazole rings is 1. The highest BCUT2D eigenvalue weighted by atomic mass is 35.5. The lowest BCUT2D eigenvalue weighted by Gasteiger charge is -2.33. The third-order valence-corrected chi connectivity index (χ3v) is 7.71. The Balaban J connectivity index is 0.00000400. The van der Waals surface area contributed by atoms with E-state index in [1.54, 1.807) is 4.90 Å². The lowest BCUT2D eigenvalue weighted by molar-refractivity contribution is -0.137. The van der Waals surface area contributed by atoms with Crippen molar-refractivity contribution in [1.29, 1.82) is 0 Å². The number of likely N-dealkylation sites (tertiary alicyclic amines) is 1. The normalized spacial score (nSPS) is 15.0. The number of benzene rings is 2. The maximum absolute atomic E-state index is 15.2. The van der Waals surface area contributed by atoms with Crippen LogP contribution in [0.1, 0.15) is 56.3 Å². The average Bonchev–Trinajstić information content (AvgIpc) is 3.45. The molecule has 0 saturated carbocycles. The number of ether oxygens (including phenoxy) is 1. The lowest BCUT2D eigenvalue weighted by Crippen LogP contribution is -2.56. The molecule has 0 aliphatic carbocycles. The Morgan fingerprint density at radius 2 is 1.71 bits per heavy atom. The Morgan fingerprint density at radius 1 is 1.06 bits per heavy atom. The minimum absolute atomic E-state index is 0. The van der Waals surface area contributed by atoms with E-state index in [1.165, 1.54) is 30.9 Å². The van der Waals surface area contributed by atoms with Crippen molar-refractivity contribution in [2.75, 3.05) is 25.0 Å². The zero-order valence-corrected chi connectivity index (χ0v) is 28.3. The van der Waals surface area contributed by atoms with Crippen LogP contribution < -0.4 is 16.4 Å². The summed E-state index contributed by atoms with van der Waals surface area (Å²) in [6.07, 6.45) is -0.869. The molecule has 0 spiro atoms. The van der Waals surface area contributed by atoms with Gasteiger partial charge in [-0.2, -0.15) is 13.2 Å². The largest absolute Gasteiger partial charge is 0.416 e. The first-order valence-electron chi connectivity index (χ1n) is 14.8. The summed E-state index contributed by atoms with van der Waals surface area (Å²) in [7, 11) is 0. The van der Waals surface area contributed by atoms with Crippen molar-refractivity contribution in [1.82, 2.24) is 19.8 Å². The summed E-state index contributed by atoms with van der Waals surface area (Å²) < 4.78 is 62.0. The van der Waals surface area contributed by atoms with Crippen LogP contribution >= 0.6 is 24.8 Å². The Kier molecular flexibility index (Phi) is 14.4. The van der Waals surface area contributed by atoms with Crippen LogP contribution in [0.15, 0.2) is 61.1 Å². The molecular formula is C32H40Cl2F4N6O4. The predicted molar refractivity (Wildman–Crippen MR) is 176 cm³/mol. The zero-order chi connectivity index (χ0) is 33.6. The van der Waals surface area contributed by atoms with Gasteiger partial charge in [0.15, 0.2) is 5.82 Å². The quantitative estimate of drug-likeness (QED) is 0.236. The number of hydrogen-bond donors (Lipinski definition) is 3. The maximum atomic E-state index is 15.2. The molecule has 2 atom stereocenters. The van der Waals surface area contributed by atoms with E-state index in [2.05, 4.69) is 22.5 Å². The van der Waals surface area contributed by atoms with Crippen molar-refractivity contribution < 1.29 is 36.7 Å². The SMILES string of the molecule is CC1CCN(C(=O)C(c2ccc(C(F)(F)F)cc2F)n2cnc(NC(=O)[C@@H](COCc3ccccc3)NC(=O)C(C)(C)N)c2)CC1.Cl.Cl. The van der Waals surface area contributed by atoms with E-state index in [0.717, 1.165) is 30.5 Å². The van der Waals surface area contributed by atoms with Gasteiger partial charge in [0.1, 0.15) is 17.9 Å². The van der Waals surface area contributed by atoms with Crippen molar-refractivity contribution in [2.45, 2.75) is 64.0 Å². The third kappa shape index (κ3) is 10.6. The minimum atomic E-state index is -4.77. The molecule has 1 aliphatic rings. The number of nitrogens with one attached hydrogen (secondary N) is 2. The van der Waals surface area contributed by atoms with Gasteiger partial charge in [0.2, 0.25) is 11.8 Å². The first-order valence-corrected chi connectivity index (χ1v) is 14.8. The molecule has 1 aromatic heterocycles. The van der Waals surface area contributed by atoms with Crippen LogP contribution in [0.4, 0.5) is 23.4 Å². The van der Waals surface area contributed by atoms with Crippen LogP contribution in [0.3, 0.4) is 0 Å². The number of nitrogens with two attached hydrogens (primary N) is 1. The van der Waals surface area contributed by atoms with Crippen LogP contribution in [0.25, 0.3) is 0 Å². The average molecular weight is 720 g/mol. The Labute approximate surface area is 288 Å². The molecule has 3 amide bonds. The molecule has 2 heterocycles. The first-order chi connectivity index (χ1) is 21.6. The van der Waals surface area contributed by atoms with E-state index in [1.807, 2.05) is 30.3 Å². The summed E-state index contributed by atoms with van der Waals surface area (Å²) in [6, 6.07) is 8.62. The molecule has 264 valence electrons. The van der Waals surface area contributed by atoms with Crippen molar-refractivity contribution in [3.05, 3.63) is 83.6 Å². The van der Waals surface area contributed by atoms with E-state index in [4.69, 9.17) is 10.5 Å². The van der Waals surface area contributed by atoms with Crippen molar-refractivity contribution in [3.63, 3.8) is 0 Å². The molecule has 4 N–H and O–H groups in total. The van der Waals surface area contributed by atoms with Crippen LogP contribution in [-0.4, -0.2) is 63.4 Å². The molecule has 10 nitrogen and oxygen atoms in total. The molecule has 48 heavy (non-hydrogen) atoms. The summed E-state index contributed by atoms with van der Waals surface area (Å²) in [6.45, 7) is 5.76. The van der Waals surface area contributed by atoms with Crippen molar-refractivity contribution in [3.8, 4) is 0 Å². The first kappa shape index (κ1) is 40.5. The topological polar surface area (TPSA) is 132 Å². The number of anilines is 1. The second-order valence-corrected chi connectivity index (χ2v) is 12.1. The highest BCUT2D eigenvalue weighted by Crippen LogP contribution is 2.33. The molecule has 1 fully saturated rings. The van der Waals surface area contributed by atoms with E-state index >= 15 is 4.39 Å². The molecule has 2 aromatic carbocycles. The number of carbonyl (C=O) groups is 3. The maximum Gasteiger partial charge on any atom is 0.416 e. The number of rotatable bonds is 11. The monoisotopic (exact) mass is 718 g/mol. The van der Waals surface area contributed by atoms with Gasteiger partial charge in [0.05, 0.1) is 30.6 Å². The van der Waals surface area contributed by atoms with Gasteiger partial charge >= 0.3 is 6.18 Å². The summed E-state index contributed by atoms with van der Waals surface area (Å²) in [4.78, 5) is 45.4. The van der Waals surface area contributed by atoms with Gasteiger partial charge in [-0.1, -0.05) is 43.3 Å². The van der Waals surface area contributed by atoms with Gasteiger partial charge in [-0.25, -0.2) is 9.37 Å². The van der Waals surface area contributed by atoms with E-state index in [0.29, 0.717) is 25.1 Å². The van der Waals surface area contributed by atoms with Gasteiger partial charge in [-0.3, -0.25) is 14.4 Å². The molecule has 1 unspecified atom stereocenters. The van der Waals surface area contributed by atoms with E-state index < -0.39 is 52.9 Å². The Bertz CT molecular complexity index is 1530. The number of nitrogens with zero attached hydrogens (tertiary/aromatic N) is 3. The fourth-order valence-electron chi connectivity index (χ4n) is 4.90. The molecule has 1 aliphatic heterocycles. The molecule has 3 aromatic rings. The summed E-state index contributed by atoms with van der Waals surface area (Å²) in [5, 5.41) is 5.14. The minimum Gasteiger partial charge on any atom is -0.374 e. The van der Waals surface area contributed by atoms with E-state index in [-0.39, 0.29) is 49.4 Å². The fourth-order valence-corrected chi connectivity index (χ4v) is 4.90. The smallest absolute Gasteiger partial charge is 0.374 e. The number of amides is 3. The van der Waals surface area contributed by atoms with Gasteiger partial charge in [0.25, 0.3) is 5.91 Å². The zero-order valence-electron chi connectivity index (χ0n) is 26.6. The standard InChI is InChI=1S/C32H38F4N6O4.2ClH/c1-20-11-13-41(14-12-20)29(44)27(23-10-9-22(15-24(23)33)32(34,35)36)42-16-26(38-19-42)40-28(43)25(39-30(45)31(2,3)37)18-46-17-21-7-5-4-6-8-21;;/h4-10,15-16,19-20,25,27H,11-14,17-18,37H2,1-3H3,(H,39,45)(H,40,43);2*1H/t25-,27?;;/m1../s1. The molecular weight excluding hydrogens is 679 g/mol. The Hall–Kier alpha value is -3.72. The Morgan fingerprint density at radius 3 is 2.29 bits per heavy atom. The van der Waals surface area contributed by atoms with Crippen LogP contribution in [-0.2, 0) is 31.9 Å². The number of hydrogen-bond acceptors (Lipinski definition) is 6. The van der Waals surface area contributed by atoms with Gasteiger partial charge in [0, 0.05) is 24.8 Å². The molecule has 1 saturated heterocycles. The van der Waals surface area contributed by atoms with Crippen molar-refractivity contribution >= 4 is 48.4 Å². The second-order valence-electron chi connectivity index (χ2n) is 12.1. The molecule has 16 heteroatoms. The number of halogens is 6. The second kappa shape index (κ2) is 17.1. The number of aromatic nitrogens is 2. The van der Waals surface area contributed by atoms with E-state index in [9.17, 15) is 27.6 Å². The van der Waals surface area contributed by atoms with Crippen molar-refractivity contribution in [2.24, 2.45) is 11.7 Å². The van der Waals surface area contributed by atoms with Crippen LogP contribution in [0.5, 0.6) is 0 Å². The van der Waals surface area contributed by atoms with Crippen LogP contribution in [0.2, 0.25) is 0 Å². The number of carbonyl (C=O) groups excluding carboxylic acids is 3. The predicted octanol–water partition coefficient (Wildman–Crippen LogP) is 5.11. The van der Waals surface area contributed by atoms with Gasteiger partial charge in [-0.15, -0.1) is 24.8 Å². The number of piperidine rings is 1. The summed E-state index contributed by atoms with van der Waals surface area (Å²) in [5.74, 6) is -2.71. The molecule has 0 bridgehead atoms. The molecule has 4 rings (SSSR count). The highest BCUT2D eigenvalue weighted by molar-refractivity contribution is 5.98. The lowest BCUT2D eigenvalue weighted by atomic mass is 9.97. The third-order valence-electron chi connectivity index (χ3n) is 7.71. The highest BCUT2D eigenvalue weighted by Gasteiger charge is 2.36. The summed E-state index contributed by atoms with van der Waals surface area (Å²) in [5.41, 5.74) is 3.98.